The lowest BCUT2D eigenvalue weighted by Crippen LogP contribution is -2.22. The maximum atomic E-state index is 13.0. The van der Waals surface area contributed by atoms with Crippen molar-refractivity contribution in [2.45, 2.75) is 18.9 Å². The summed E-state index contributed by atoms with van der Waals surface area (Å²) in [6.45, 7) is 1.95. The first kappa shape index (κ1) is 15.2. The number of hydrogen-bond donors (Lipinski definition) is 1. The number of carbonyl (C=O) groups excluding carboxylic acids is 1. The molecular formula is C17H17FO3. The van der Waals surface area contributed by atoms with Crippen LogP contribution in [-0.2, 0) is 9.53 Å². The van der Waals surface area contributed by atoms with E-state index in [4.69, 9.17) is 4.74 Å². The highest BCUT2D eigenvalue weighted by Crippen LogP contribution is 2.32. The summed E-state index contributed by atoms with van der Waals surface area (Å²) in [5.41, 5.74) is 1.13. The number of carbonyl (C=O) groups is 1. The smallest absolute Gasteiger partial charge is 0.316 e. The van der Waals surface area contributed by atoms with Crippen molar-refractivity contribution in [3.8, 4) is 0 Å². The van der Waals surface area contributed by atoms with Gasteiger partial charge in [0.1, 0.15) is 11.7 Å². The molecule has 0 fully saturated rings. The van der Waals surface area contributed by atoms with Crippen molar-refractivity contribution in [1.82, 2.24) is 0 Å². The number of benzene rings is 2. The lowest BCUT2D eigenvalue weighted by Gasteiger charge is -2.22. The Bertz CT molecular complexity index is 581. The number of ether oxygens (including phenoxy) is 1. The lowest BCUT2D eigenvalue weighted by molar-refractivity contribution is -0.148. The maximum absolute atomic E-state index is 13.0. The molecule has 0 aliphatic heterocycles. The Hall–Kier alpha value is -2.20. The number of aliphatic hydroxyl groups excluding tert-OH is 1. The van der Waals surface area contributed by atoms with E-state index in [9.17, 15) is 14.3 Å². The van der Waals surface area contributed by atoms with E-state index >= 15 is 0 Å². The summed E-state index contributed by atoms with van der Waals surface area (Å²) < 4.78 is 18.0. The molecule has 0 spiro atoms. The number of halogens is 1. The van der Waals surface area contributed by atoms with Crippen LogP contribution < -0.4 is 0 Å². The van der Waals surface area contributed by atoms with E-state index in [2.05, 4.69) is 0 Å². The molecule has 0 unspecified atom stereocenters. The number of rotatable bonds is 5. The van der Waals surface area contributed by atoms with E-state index in [1.807, 2.05) is 6.07 Å². The molecule has 0 aromatic heterocycles. The second-order valence-corrected chi connectivity index (χ2v) is 4.64. The average molecular weight is 288 g/mol. The molecule has 2 aromatic carbocycles. The Morgan fingerprint density at radius 3 is 2.29 bits per heavy atom. The predicted molar refractivity (Wildman–Crippen MR) is 77.2 cm³/mol. The van der Waals surface area contributed by atoms with Crippen molar-refractivity contribution in [1.29, 1.82) is 0 Å². The molecule has 0 aliphatic rings. The van der Waals surface area contributed by atoms with Crippen LogP contribution in [0.15, 0.2) is 54.6 Å². The number of hydrogen-bond acceptors (Lipinski definition) is 3. The van der Waals surface area contributed by atoms with Gasteiger partial charge in [-0.15, -0.1) is 0 Å². The van der Waals surface area contributed by atoms with Crippen LogP contribution >= 0.6 is 0 Å². The van der Waals surface area contributed by atoms with Gasteiger partial charge in [0.25, 0.3) is 0 Å². The normalized spacial score (nSPS) is 13.5. The third kappa shape index (κ3) is 3.67. The molecule has 0 amide bonds. The number of esters is 1. The van der Waals surface area contributed by atoms with Crippen molar-refractivity contribution in [2.24, 2.45) is 0 Å². The lowest BCUT2D eigenvalue weighted by atomic mass is 9.89. The van der Waals surface area contributed by atoms with Gasteiger partial charge in [-0.25, -0.2) is 4.39 Å². The van der Waals surface area contributed by atoms with Gasteiger partial charge in [-0.05, 0) is 30.2 Å². The first-order chi connectivity index (χ1) is 10.1. The van der Waals surface area contributed by atoms with Crippen molar-refractivity contribution < 1.29 is 19.0 Å². The van der Waals surface area contributed by atoms with E-state index in [0.29, 0.717) is 11.1 Å². The van der Waals surface area contributed by atoms with Gasteiger partial charge in [0.2, 0.25) is 0 Å². The van der Waals surface area contributed by atoms with Gasteiger partial charge in [0.15, 0.2) is 0 Å². The van der Waals surface area contributed by atoms with Crippen LogP contribution in [0, 0.1) is 5.82 Å². The van der Waals surface area contributed by atoms with Crippen molar-refractivity contribution in [3.05, 3.63) is 71.5 Å². The summed E-state index contributed by atoms with van der Waals surface area (Å²) in [5, 5.41) is 10.5. The summed E-state index contributed by atoms with van der Waals surface area (Å²) in [6.07, 6.45) is -1.09. The molecule has 21 heavy (non-hydrogen) atoms. The topological polar surface area (TPSA) is 46.5 Å². The maximum Gasteiger partial charge on any atom is 0.316 e. The molecule has 0 radical (unpaired) electrons. The second kappa shape index (κ2) is 6.99. The summed E-state index contributed by atoms with van der Waals surface area (Å²) in [6, 6.07) is 14.4. The Balaban J connectivity index is 2.35. The highest BCUT2D eigenvalue weighted by molar-refractivity contribution is 5.79. The average Bonchev–Trinajstić information content (AvgIpc) is 2.49. The molecule has 2 atom stereocenters. The summed E-state index contributed by atoms with van der Waals surface area (Å²) in [5.74, 6) is -1.73. The quantitative estimate of drug-likeness (QED) is 0.859. The van der Waals surface area contributed by atoms with Crippen LogP contribution in [-0.4, -0.2) is 17.7 Å². The van der Waals surface area contributed by atoms with Gasteiger partial charge in [0.05, 0.1) is 12.7 Å². The summed E-state index contributed by atoms with van der Waals surface area (Å²) in [4.78, 5) is 12.2. The predicted octanol–water partition coefficient (Wildman–Crippen LogP) is 3.21. The van der Waals surface area contributed by atoms with E-state index in [0.717, 1.165) is 0 Å². The van der Waals surface area contributed by atoms with Gasteiger partial charge >= 0.3 is 5.97 Å². The van der Waals surface area contributed by atoms with E-state index in [-0.39, 0.29) is 6.61 Å². The molecule has 1 N–H and O–H groups in total. The third-order valence-electron chi connectivity index (χ3n) is 3.23. The van der Waals surface area contributed by atoms with Crippen molar-refractivity contribution in [3.63, 3.8) is 0 Å². The Labute approximate surface area is 123 Å². The Morgan fingerprint density at radius 1 is 1.10 bits per heavy atom. The minimum atomic E-state index is -1.09. The first-order valence-electron chi connectivity index (χ1n) is 6.78. The van der Waals surface area contributed by atoms with Crippen LogP contribution in [0.4, 0.5) is 4.39 Å². The van der Waals surface area contributed by atoms with Crippen LogP contribution in [0.25, 0.3) is 0 Å². The summed E-state index contributed by atoms with van der Waals surface area (Å²) >= 11 is 0. The van der Waals surface area contributed by atoms with Crippen molar-refractivity contribution in [2.75, 3.05) is 6.61 Å². The van der Waals surface area contributed by atoms with E-state index in [1.54, 1.807) is 31.2 Å². The van der Waals surface area contributed by atoms with Crippen LogP contribution in [0.5, 0.6) is 0 Å². The third-order valence-corrected chi connectivity index (χ3v) is 3.23. The van der Waals surface area contributed by atoms with Crippen LogP contribution in [0.3, 0.4) is 0 Å². The minimum absolute atomic E-state index is 0.234. The largest absolute Gasteiger partial charge is 0.465 e. The van der Waals surface area contributed by atoms with Crippen molar-refractivity contribution >= 4 is 5.97 Å². The molecule has 0 aliphatic carbocycles. The molecule has 110 valence electrons. The zero-order chi connectivity index (χ0) is 15.2. The SMILES string of the molecule is CCOC(=O)[C@@H](c1ccccc1)[C@H](O)c1ccc(F)cc1. The van der Waals surface area contributed by atoms with E-state index in [1.165, 1.54) is 24.3 Å². The zero-order valence-electron chi connectivity index (χ0n) is 11.7. The minimum Gasteiger partial charge on any atom is -0.465 e. The standard InChI is InChI=1S/C17H17FO3/c1-2-21-17(20)15(12-6-4-3-5-7-12)16(19)13-8-10-14(18)11-9-13/h3-11,15-16,19H,2H2,1H3/t15-,16+/m0/s1. The molecular weight excluding hydrogens is 271 g/mol. The molecule has 0 saturated carbocycles. The fourth-order valence-electron chi connectivity index (χ4n) is 2.19. The van der Waals surface area contributed by atoms with Gasteiger partial charge in [-0.3, -0.25) is 4.79 Å². The van der Waals surface area contributed by atoms with Gasteiger partial charge in [-0.1, -0.05) is 42.5 Å². The molecule has 2 aromatic rings. The highest BCUT2D eigenvalue weighted by atomic mass is 19.1. The molecule has 0 saturated heterocycles. The zero-order valence-corrected chi connectivity index (χ0v) is 11.7. The van der Waals surface area contributed by atoms with E-state index < -0.39 is 23.8 Å². The molecule has 4 heteroatoms. The fourth-order valence-corrected chi connectivity index (χ4v) is 2.19. The Kier molecular flexibility index (Phi) is 5.06. The molecule has 0 bridgehead atoms. The Morgan fingerprint density at radius 2 is 1.71 bits per heavy atom. The first-order valence-corrected chi connectivity index (χ1v) is 6.78. The van der Waals surface area contributed by atoms with Gasteiger partial charge in [0, 0.05) is 0 Å². The van der Waals surface area contributed by atoms with Gasteiger partial charge in [-0.2, -0.15) is 0 Å². The number of aliphatic hydroxyl groups is 1. The summed E-state index contributed by atoms with van der Waals surface area (Å²) in [7, 11) is 0. The van der Waals surface area contributed by atoms with Gasteiger partial charge < -0.3 is 9.84 Å². The highest BCUT2D eigenvalue weighted by Gasteiger charge is 2.30. The monoisotopic (exact) mass is 288 g/mol. The fraction of sp³-hybridized carbons (Fsp3) is 0.235. The van der Waals surface area contributed by atoms with Crippen LogP contribution in [0.1, 0.15) is 30.1 Å². The van der Waals surface area contributed by atoms with Crippen LogP contribution in [0.2, 0.25) is 0 Å². The molecule has 3 nitrogen and oxygen atoms in total. The molecule has 0 heterocycles. The molecule has 2 rings (SSSR count). The second-order valence-electron chi connectivity index (χ2n) is 4.64.